The lowest BCUT2D eigenvalue weighted by molar-refractivity contribution is -0.384. The number of hydrogen-bond donors (Lipinski definition) is 1. The fraction of sp³-hybridized carbons (Fsp3) is 0.333. The third-order valence-corrected chi connectivity index (χ3v) is 3.37. The minimum atomic E-state index is -0.481. The summed E-state index contributed by atoms with van der Waals surface area (Å²) in [7, 11) is 1.73. The van der Waals surface area contributed by atoms with Crippen molar-refractivity contribution in [1.82, 2.24) is 15.1 Å². The van der Waals surface area contributed by atoms with Crippen LogP contribution >= 0.6 is 0 Å². The average molecular weight is 260 g/mol. The van der Waals surface area contributed by atoms with Gasteiger partial charge in [-0.25, -0.2) is 0 Å². The summed E-state index contributed by atoms with van der Waals surface area (Å²) in [6.07, 6.45) is 2.01. The number of carbonyl (C=O) groups excluding carboxylic acids is 1. The maximum atomic E-state index is 12.3. The van der Waals surface area contributed by atoms with E-state index in [2.05, 4.69) is 10.2 Å². The number of H-pyrrole nitrogens is 1. The van der Waals surface area contributed by atoms with E-state index in [9.17, 15) is 14.9 Å². The van der Waals surface area contributed by atoms with Gasteiger partial charge in [-0.3, -0.25) is 20.0 Å². The summed E-state index contributed by atoms with van der Waals surface area (Å²) in [5, 5.41) is 18.0. The van der Waals surface area contributed by atoms with Gasteiger partial charge in [0.25, 0.3) is 11.6 Å². The molecule has 0 unspecified atom stereocenters. The second kappa shape index (κ2) is 4.04. The van der Waals surface area contributed by atoms with E-state index in [-0.39, 0.29) is 23.3 Å². The molecule has 0 aliphatic heterocycles. The summed E-state index contributed by atoms with van der Waals surface area (Å²) >= 11 is 0. The molecule has 7 nitrogen and oxygen atoms in total. The summed E-state index contributed by atoms with van der Waals surface area (Å²) in [4.78, 5) is 24.2. The van der Waals surface area contributed by atoms with E-state index < -0.39 is 4.92 Å². The number of fused-ring (bicyclic) bond motifs is 1. The molecule has 1 heterocycles. The highest BCUT2D eigenvalue weighted by atomic mass is 16.6. The first-order chi connectivity index (χ1) is 9.08. The molecule has 98 valence electrons. The van der Waals surface area contributed by atoms with Gasteiger partial charge in [-0.1, -0.05) is 0 Å². The van der Waals surface area contributed by atoms with E-state index in [1.807, 2.05) is 0 Å². The predicted molar refractivity (Wildman–Crippen MR) is 67.9 cm³/mol. The zero-order valence-electron chi connectivity index (χ0n) is 10.3. The molecule has 3 rings (SSSR count). The van der Waals surface area contributed by atoms with Crippen LogP contribution in [-0.2, 0) is 0 Å². The Morgan fingerprint density at radius 1 is 1.53 bits per heavy atom. The van der Waals surface area contributed by atoms with Crippen molar-refractivity contribution in [1.29, 1.82) is 0 Å². The maximum absolute atomic E-state index is 12.3. The van der Waals surface area contributed by atoms with Gasteiger partial charge in [-0.05, 0) is 18.9 Å². The Morgan fingerprint density at radius 2 is 2.26 bits per heavy atom. The number of nitrogens with one attached hydrogen (secondary N) is 1. The molecular formula is C12H12N4O3. The average Bonchev–Trinajstić information content (AvgIpc) is 3.16. The Balaban J connectivity index is 2.05. The van der Waals surface area contributed by atoms with Crippen molar-refractivity contribution < 1.29 is 9.72 Å². The van der Waals surface area contributed by atoms with Gasteiger partial charge < -0.3 is 4.90 Å². The highest BCUT2D eigenvalue weighted by molar-refractivity contribution is 6.05. The number of benzene rings is 1. The maximum Gasteiger partial charge on any atom is 0.274 e. The monoisotopic (exact) mass is 260 g/mol. The van der Waals surface area contributed by atoms with Crippen molar-refractivity contribution in [3.8, 4) is 0 Å². The molecule has 1 aromatic carbocycles. The normalized spacial score (nSPS) is 14.6. The Hall–Kier alpha value is -2.44. The number of amides is 1. The number of rotatable bonds is 3. The molecule has 1 aromatic heterocycles. The molecule has 2 aromatic rings. The Kier molecular flexibility index (Phi) is 2.48. The summed E-state index contributed by atoms with van der Waals surface area (Å²) in [5.41, 5.74) is 0.822. The van der Waals surface area contributed by atoms with Crippen molar-refractivity contribution in [3.63, 3.8) is 0 Å². The van der Waals surface area contributed by atoms with Gasteiger partial charge in [-0.2, -0.15) is 5.10 Å². The van der Waals surface area contributed by atoms with Gasteiger partial charge in [-0.15, -0.1) is 0 Å². The van der Waals surface area contributed by atoms with Gasteiger partial charge in [0.15, 0.2) is 5.69 Å². The molecule has 0 saturated heterocycles. The highest BCUT2D eigenvalue weighted by Crippen LogP contribution is 2.28. The third-order valence-electron chi connectivity index (χ3n) is 3.37. The van der Waals surface area contributed by atoms with Crippen LogP contribution in [0.2, 0.25) is 0 Å². The molecule has 19 heavy (non-hydrogen) atoms. The number of aromatic nitrogens is 2. The van der Waals surface area contributed by atoms with E-state index in [1.165, 1.54) is 12.1 Å². The lowest BCUT2D eigenvalue weighted by Crippen LogP contribution is -2.29. The topological polar surface area (TPSA) is 92.1 Å². The minimum Gasteiger partial charge on any atom is -0.337 e. The molecule has 0 atom stereocenters. The smallest absolute Gasteiger partial charge is 0.274 e. The van der Waals surface area contributed by atoms with Crippen LogP contribution in [0.15, 0.2) is 18.2 Å². The van der Waals surface area contributed by atoms with Crippen LogP contribution in [0.4, 0.5) is 5.69 Å². The van der Waals surface area contributed by atoms with E-state index in [1.54, 1.807) is 18.0 Å². The Labute approximate surface area is 108 Å². The third kappa shape index (κ3) is 1.92. The first-order valence-corrected chi connectivity index (χ1v) is 5.97. The molecule has 0 spiro atoms. The second-order valence-corrected chi connectivity index (χ2v) is 4.71. The molecule has 0 radical (unpaired) electrons. The van der Waals surface area contributed by atoms with Crippen molar-refractivity contribution in [3.05, 3.63) is 34.0 Å². The standard InChI is InChI=1S/C12H12N4O3/c1-15(7-2-3-7)12(17)11-9-6-8(16(18)19)4-5-10(9)13-14-11/h4-7H,2-3H2,1H3,(H,13,14). The lowest BCUT2D eigenvalue weighted by Gasteiger charge is -2.14. The first-order valence-electron chi connectivity index (χ1n) is 5.97. The number of hydrogen-bond acceptors (Lipinski definition) is 4. The molecule has 0 bridgehead atoms. The van der Waals surface area contributed by atoms with Gasteiger partial charge in [0, 0.05) is 30.6 Å². The van der Waals surface area contributed by atoms with Crippen LogP contribution in [-0.4, -0.2) is 39.0 Å². The predicted octanol–water partition coefficient (Wildman–Crippen LogP) is 1.71. The Morgan fingerprint density at radius 3 is 2.89 bits per heavy atom. The summed E-state index contributed by atoms with van der Waals surface area (Å²) in [6.45, 7) is 0. The fourth-order valence-electron chi connectivity index (χ4n) is 2.07. The zero-order chi connectivity index (χ0) is 13.6. The number of nitro groups is 1. The van der Waals surface area contributed by atoms with E-state index in [0.29, 0.717) is 10.9 Å². The van der Waals surface area contributed by atoms with Crippen LogP contribution in [0.5, 0.6) is 0 Å². The van der Waals surface area contributed by atoms with Crippen LogP contribution in [0.1, 0.15) is 23.3 Å². The number of carbonyl (C=O) groups is 1. The lowest BCUT2D eigenvalue weighted by atomic mass is 10.1. The summed E-state index contributed by atoms with van der Waals surface area (Å²) in [5.74, 6) is -0.200. The molecule has 7 heteroatoms. The van der Waals surface area contributed by atoms with Crippen molar-refractivity contribution in [2.45, 2.75) is 18.9 Å². The van der Waals surface area contributed by atoms with Gasteiger partial charge in [0.2, 0.25) is 0 Å². The number of non-ortho nitro benzene ring substituents is 1. The van der Waals surface area contributed by atoms with E-state index in [0.717, 1.165) is 12.8 Å². The number of aromatic amines is 1. The molecule has 1 saturated carbocycles. The molecule has 1 amide bonds. The highest BCUT2D eigenvalue weighted by Gasteiger charge is 2.32. The summed E-state index contributed by atoms with van der Waals surface area (Å²) < 4.78 is 0. The van der Waals surface area contributed by atoms with Crippen LogP contribution in [0.3, 0.4) is 0 Å². The second-order valence-electron chi connectivity index (χ2n) is 4.71. The van der Waals surface area contributed by atoms with Crippen LogP contribution in [0, 0.1) is 10.1 Å². The Bertz CT molecular complexity index is 675. The molecule has 1 N–H and O–H groups in total. The van der Waals surface area contributed by atoms with Crippen LogP contribution < -0.4 is 0 Å². The van der Waals surface area contributed by atoms with Crippen molar-refractivity contribution in [2.75, 3.05) is 7.05 Å². The number of nitrogens with zero attached hydrogens (tertiary/aromatic N) is 3. The quantitative estimate of drug-likeness (QED) is 0.671. The van der Waals surface area contributed by atoms with Gasteiger partial charge in [0.1, 0.15) is 0 Å². The minimum absolute atomic E-state index is 0.0444. The van der Waals surface area contributed by atoms with Gasteiger partial charge >= 0.3 is 0 Å². The largest absolute Gasteiger partial charge is 0.337 e. The zero-order valence-corrected chi connectivity index (χ0v) is 10.3. The van der Waals surface area contributed by atoms with E-state index in [4.69, 9.17) is 0 Å². The number of nitro benzene ring substituents is 1. The van der Waals surface area contributed by atoms with E-state index >= 15 is 0 Å². The fourth-order valence-corrected chi connectivity index (χ4v) is 2.07. The molecular weight excluding hydrogens is 248 g/mol. The molecule has 1 aliphatic carbocycles. The SMILES string of the molecule is CN(C(=O)c1n[nH]c2ccc([N+](=O)[O-])cc12)C1CC1. The van der Waals surface area contributed by atoms with Crippen molar-refractivity contribution in [2.24, 2.45) is 0 Å². The van der Waals surface area contributed by atoms with Crippen molar-refractivity contribution >= 4 is 22.5 Å². The molecule has 1 aliphatic rings. The summed E-state index contributed by atoms with van der Waals surface area (Å²) in [6, 6.07) is 4.61. The van der Waals surface area contributed by atoms with Crippen LogP contribution in [0.25, 0.3) is 10.9 Å². The van der Waals surface area contributed by atoms with Gasteiger partial charge in [0.05, 0.1) is 10.4 Å². The first kappa shape index (κ1) is 11.6. The molecule has 1 fully saturated rings.